The van der Waals surface area contributed by atoms with Gasteiger partial charge in [-0.15, -0.1) is 0 Å². The minimum absolute atomic E-state index is 0.695. The van der Waals surface area contributed by atoms with Crippen molar-refractivity contribution < 1.29 is 0 Å². The molecule has 98 valence electrons. The van der Waals surface area contributed by atoms with Crippen LogP contribution in [0.4, 0.5) is 0 Å². The topological polar surface area (TPSA) is 24.9 Å². The molecule has 2 fully saturated rings. The first-order chi connectivity index (χ1) is 9.36. The summed E-state index contributed by atoms with van der Waals surface area (Å²) in [5, 5.41) is 6.19. The average Bonchev–Trinajstić information content (AvgIpc) is 3.31. The Labute approximate surface area is 114 Å². The highest BCUT2D eigenvalue weighted by Crippen LogP contribution is 2.60. The van der Waals surface area contributed by atoms with Crippen LogP contribution in [0.3, 0.4) is 0 Å². The fraction of sp³-hybridized carbons (Fsp3) is 0.471. The van der Waals surface area contributed by atoms with Crippen LogP contribution < -0.4 is 5.32 Å². The highest BCUT2D eigenvalue weighted by Gasteiger charge is 2.53. The number of benzene rings is 1. The van der Waals surface area contributed by atoms with Gasteiger partial charge in [-0.05, 0) is 60.1 Å². The highest BCUT2D eigenvalue weighted by molar-refractivity contribution is 5.81. The van der Waals surface area contributed by atoms with Crippen LogP contribution in [0, 0.1) is 11.3 Å². The lowest BCUT2D eigenvalue weighted by Gasteiger charge is -2.15. The molecule has 2 saturated carbocycles. The quantitative estimate of drug-likeness (QED) is 0.880. The van der Waals surface area contributed by atoms with Gasteiger partial charge >= 0.3 is 0 Å². The Balaban J connectivity index is 1.41. The van der Waals surface area contributed by atoms with Crippen molar-refractivity contribution in [2.45, 2.75) is 32.2 Å². The number of fused-ring (bicyclic) bond motifs is 1. The number of rotatable bonds is 5. The third kappa shape index (κ3) is 2.25. The predicted molar refractivity (Wildman–Crippen MR) is 77.8 cm³/mol. The van der Waals surface area contributed by atoms with Gasteiger partial charge in [0, 0.05) is 30.9 Å². The monoisotopic (exact) mass is 252 g/mol. The van der Waals surface area contributed by atoms with Crippen molar-refractivity contribution >= 4 is 10.8 Å². The van der Waals surface area contributed by atoms with Gasteiger partial charge in [-0.1, -0.05) is 12.1 Å². The number of hydrogen-bond donors (Lipinski definition) is 1. The summed E-state index contributed by atoms with van der Waals surface area (Å²) >= 11 is 0. The van der Waals surface area contributed by atoms with E-state index < -0.39 is 0 Å². The predicted octanol–water partition coefficient (Wildman–Crippen LogP) is 3.51. The van der Waals surface area contributed by atoms with E-state index in [4.69, 9.17) is 0 Å². The van der Waals surface area contributed by atoms with E-state index in [0.717, 1.165) is 12.5 Å². The summed E-state index contributed by atoms with van der Waals surface area (Å²) in [7, 11) is 0. The maximum atomic E-state index is 4.16. The SMILES string of the molecule is c1cc2cc(CNCC3(C4CC4)CC3)ccc2cn1. The summed E-state index contributed by atoms with van der Waals surface area (Å²) in [5.41, 5.74) is 2.08. The first-order valence-electron chi connectivity index (χ1n) is 7.39. The van der Waals surface area contributed by atoms with Gasteiger partial charge in [-0.3, -0.25) is 4.98 Å². The Morgan fingerprint density at radius 3 is 2.84 bits per heavy atom. The molecule has 2 aromatic rings. The first-order valence-corrected chi connectivity index (χ1v) is 7.39. The molecule has 1 N–H and O–H groups in total. The van der Waals surface area contributed by atoms with Crippen LogP contribution in [-0.4, -0.2) is 11.5 Å². The molecule has 4 rings (SSSR count). The fourth-order valence-corrected chi connectivity index (χ4v) is 3.28. The number of aromatic nitrogens is 1. The molecular weight excluding hydrogens is 232 g/mol. The number of nitrogens with zero attached hydrogens (tertiary/aromatic N) is 1. The zero-order valence-corrected chi connectivity index (χ0v) is 11.2. The fourth-order valence-electron chi connectivity index (χ4n) is 3.28. The van der Waals surface area contributed by atoms with E-state index in [2.05, 4.69) is 34.6 Å². The molecule has 0 spiro atoms. The second-order valence-corrected chi connectivity index (χ2v) is 6.30. The first kappa shape index (κ1) is 11.4. The molecule has 2 nitrogen and oxygen atoms in total. The Hall–Kier alpha value is -1.41. The maximum Gasteiger partial charge on any atom is 0.0346 e. The van der Waals surface area contributed by atoms with Gasteiger partial charge in [0.25, 0.3) is 0 Å². The van der Waals surface area contributed by atoms with Gasteiger partial charge in [0.1, 0.15) is 0 Å². The summed E-state index contributed by atoms with van der Waals surface area (Å²) in [6.07, 6.45) is 9.65. The molecule has 1 heterocycles. The van der Waals surface area contributed by atoms with E-state index in [1.807, 2.05) is 12.4 Å². The second-order valence-electron chi connectivity index (χ2n) is 6.30. The minimum atomic E-state index is 0.695. The zero-order valence-electron chi connectivity index (χ0n) is 11.2. The van der Waals surface area contributed by atoms with Gasteiger partial charge < -0.3 is 5.32 Å². The zero-order chi connectivity index (χ0) is 12.7. The lowest BCUT2D eigenvalue weighted by molar-refractivity contribution is 0.403. The maximum absolute atomic E-state index is 4.16. The lowest BCUT2D eigenvalue weighted by Crippen LogP contribution is -2.24. The molecule has 0 saturated heterocycles. The Morgan fingerprint density at radius 1 is 1.16 bits per heavy atom. The van der Waals surface area contributed by atoms with Crippen molar-refractivity contribution in [2.24, 2.45) is 11.3 Å². The molecule has 19 heavy (non-hydrogen) atoms. The summed E-state index contributed by atoms with van der Waals surface area (Å²) in [5.74, 6) is 1.04. The van der Waals surface area contributed by atoms with Crippen LogP contribution in [-0.2, 0) is 6.54 Å². The van der Waals surface area contributed by atoms with Crippen molar-refractivity contribution in [1.29, 1.82) is 0 Å². The summed E-state index contributed by atoms with van der Waals surface area (Å²) in [6, 6.07) is 8.76. The smallest absolute Gasteiger partial charge is 0.0346 e. The standard InChI is InChI=1S/C17H20N2/c1-2-15-11-18-8-5-14(15)9-13(1)10-19-12-17(6-7-17)16-3-4-16/h1-2,5,8-9,11,16,19H,3-4,6-7,10,12H2. The Kier molecular flexibility index (Phi) is 2.59. The molecule has 2 aliphatic carbocycles. The highest BCUT2D eigenvalue weighted by atomic mass is 14.9. The third-order valence-electron chi connectivity index (χ3n) is 4.85. The Bertz CT molecular complexity index is 597. The molecule has 2 heteroatoms. The molecule has 0 amide bonds. The molecule has 1 aromatic carbocycles. The normalized spacial score (nSPS) is 20.6. The van der Waals surface area contributed by atoms with E-state index in [1.54, 1.807) is 0 Å². The van der Waals surface area contributed by atoms with E-state index in [1.165, 1.54) is 48.6 Å². The van der Waals surface area contributed by atoms with Crippen LogP contribution in [0.25, 0.3) is 10.8 Å². The van der Waals surface area contributed by atoms with Gasteiger partial charge in [-0.2, -0.15) is 0 Å². The molecule has 1 aromatic heterocycles. The average molecular weight is 252 g/mol. The molecule has 0 aliphatic heterocycles. The number of nitrogens with one attached hydrogen (secondary N) is 1. The van der Waals surface area contributed by atoms with Crippen LogP contribution in [0.5, 0.6) is 0 Å². The molecule has 0 bridgehead atoms. The van der Waals surface area contributed by atoms with E-state index in [9.17, 15) is 0 Å². The van der Waals surface area contributed by atoms with Gasteiger partial charge in [0.2, 0.25) is 0 Å². The minimum Gasteiger partial charge on any atom is -0.312 e. The number of hydrogen-bond acceptors (Lipinski definition) is 2. The van der Waals surface area contributed by atoms with E-state index >= 15 is 0 Å². The summed E-state index contributed by atoms with van der Waals surface area (Å²) < 4.78 is 0. The van der Waals surface area contributed by atoms with Crippen molar-refractivity contribution in [2.75, 3.05) is 6.54 Å². The molecule has 0 radical (unpaired) electrons. The molecule has 0 atom stereocenters. The number of pyridine rings is 1. The lowest BCUT2D eigenvalue weighted by atomic mass is 10.0. The third-order valence-corrected chi connectivity index (χ3v) is 4.85. The van der Waals surface area contributed by atoms with Crippen LogP contribution in [0.1, 0.15) is 31.2 Å². The van der Waals surface area contributed by atoms with Crippen molar-refractivity contribution in [3.63, 3.8) is 0 Å². The van der Waals surface area contributed by atoms with Gasteiger partial charge in [-0.25, -0.2) is 0 Å². The summed E-state index contributed by atoms with van der Waals surface area (Å²) in [4.78, 5) is 4.16. The van der Waals surface area contributed by atoms with Crippen molar-refractivity contribution in [1.82, 2.24) is 10.3 Å². The van der Waals surface area contributed by atoms with Crippen LogP contribution >= 0.6 is 0 Å². The van der Waals surface area contributed by atoms with Crippen molar-refractivity contribution in [3.05, 3.63) is 42.2 Å². The van der Waals surface area contributed by atoms with Gasteiger partial charge in [0.15, 0.2) is 0 Å². The largest absolute Gasteiger partial charge is 0.312 e. The molecule has 0 unspecified atom stereocenters. The molecular formula is C17H20N2. The Morgan fingerprint density at radius 2 is 2.05 bits per heavy atom. The van der Waals surface area contributed by atoms with E-state index in [-0.39, 0.29) is 0 Å². The second kappa shape index (κ2) is 4.31. The summed E-state index contributed by atoms with van der Waals surface area (Å²) in [6.45, 7) is 2.21. The van der Waals surface area contributed by atoms with Crippen molar-refractivity contribution in [3.8, 4) is 0 Å². The van der Waals surface area contributed by atoms with Gasteiger partial charge in [0.05, 0.1) is 0 Å². The van der Waals surface area contributed by atoms with Crippen LogP contribution in [0.2, 0.25) is 0 Å². The van der Waals surface area contributed by atoms with E-state index in [0.29, 0.717) is 5.41 Å². The van der Waals surface area contributed by atoms with Crippen LogP contribution in [0.15, 0.2) is 36.7 Å². The molecule has 2 aliphatic rings.